The second-order valence-electron chi connectivity index (χ2n) is 5.22. The molecule has 3 rings (SSSR count). The van der Waals surface area contributed by atoms with Gasteiger partial charge in [-0.15, -0.1) is 11.3 Å². The fourth-order valence-electron chi connectivity index (χ4n) is 2.50. The molecule has 0 radical (unpaired) electrons. The Morgan fingerprint density at radius 3 is 3.05 bits per heavy atom. The highest BCUT2D eigenvalue weighted by molar-refractivity contribution is 7.09. The van der Waals surface area contributed by atoms with Crippen molar-refractivity contribution < 1.29 is 0 Å². The van der Waals surface area contributed by atoms with Crippen molar-refractivity contribution in [3.05, 3.63) is 52.2 Å². The predicted molar refractivity (Wildman–Crippen MR) is 86.8 cm³/mol. The average molecular weight is 300 g/mol. The molecular formula is C16H20N4S. The molecule has 0 fully saturated rings. The van der Waals surface area contributed by atoms with Gasteiger partial charge in [0, 0.05) is 35.3 Å². The Labute approximate surface area is 128 Å². The molecule has 0 aliphatic carbocycles. The Balaban J connectivity index is 1.91. The molecule has 1 unspecified atom stereocenters. The number of aryl methyl sites for hydroxylation is 1. The first-order valence-electron chi connectivity index (χ1n) is 7.34. The second-order valence-corrected chi connectivity index (χ2v) is 6.17. The first kappa shape index (κ1) is 14.2. The smallest absolute Gasteiger partial charge is 0.0947 e. The second kappa shape index (κ2) is 6.37. The van der Waals surface area contributed by atoms with Gasteiger partial charge in [0.15, 0.2) is 0 Å². The normalized spacial score (nSPS) is 12.9. The molecule has 1 atom stereocenters. The quantitative estimate of drug-likeness (QED) is 0.759. The maximum Gasteiger partial charge on any atom is 0.0947 e. The zero-order chi connectivity index (χ0) is 14.7. The summed E-state index contributed by atoms with van der Waals surface area (Å²) in [6.45, 7) is 5.23. The van der Waals surface area contributed by atoms with E-state index in [0.717, 1.165) is 25.1 Å². The molecule has 4 nitrogen and oxygen atoms in total. The molecule has 3 aromatic rings. The van der Waals surface area contributed by atoms with E-state index in [4.69, 9.17) is 0 Å². The van der Waals surface area contributed by atoms with Gasteiger partial charge in [0.25, 0.3) is 0 Å². The molecule has 0 bridgehead atoms. The van der Waals surface area contributed by atoms with Crippen molar-refractivity contribution in [2.45, 2.75) is 32.7 Å². The minimum atomic E-state index is 0.260. The maximum atomic E-state index is 4.60. The Hall–Kier alpha value is -1.72. The lowest BCUT2D eigenvalue weighted by molar-refractivity contribution is 0.531. The van der Waals surface area contributed by atoms with Crippen LogP contribution in [0.15, 0.2) is 36.0 Å². The van der Waals surface area contributed by atoms with Gasteiger partial charge in [-0.3, -0.25) is 0 Å². The molecule has 1 N–H and O–H groups in total. The van der Waals surface area contributed by atoms with E-state index in [9.17, 15) is 0 Å². The highest BCUT2D eigenvalue weighted by Crippen LogP contribution is 2.24. The topological polar surface area (TPSA) is 42.2 Å². The van der Waals surface area contributed by atoms with Crippen molar-refractivity contribution in [1.29, 1.82) is 0 Å². The summed E-state index contributed by atoms with van der Waals surface area (Å²) in [5.41, 5.74) is 3.51. The summed E-state index contributed by atoms with van der Waals surface area (Å²) in [7, 11) is 0. The number of nitrogens with zero attached hydrogens (tertiary/aromatic N) is 3. The Morgan fingerprint density at radius 2 is 2.29 bits per heavy atom. The third kappa shape index (κ3) is 3.14. The number of rotatable bonds is 6. The molecule has 0 saturated heterocycles. The van der Waals surface area contributed by atoms with Crippen molar-refractivity contribution in [2.24, 2.45) is 0 Å². The van der Waals surface area contributed by atoms with E-state index in [1.54, 1.807) is 11.3 Å². The third-order valence-corrected chi connectivity index (χ3v) is 4.51. The Bertz CT molecular complexity index is 716. The number of thiazole rings is 1. The van der Waals surface area contributed by atoms with Crippen LogP contribution in [0.1, 0.15) is 35.7 Å². The van der Waals surface area contributed by atoms with Gasteiger partial charge in [-0.1, -0.05) is 13.0 Å². The zero-order valence-electron chi connectivity index (χ0n) is 12.4. The molecule has 0 amide bonds. The highest BCUT2D eigenvalue weighted by Gasteiger charge is 2.17. The zero-order valence-corrected chi connectivity index (χ0v) is 13.2. The van der Waals surface area contributed by atoms with Crippen LogP contribution in [-0.2, 0) is 6.42 Å². The molecule has 5 heteroatoms. The summed E-state index contributed by atoms with van der Waals surface area (Å²) in [6, 6.07) is 6.44. The van der Waals surface area contributed by atoms with Crippen molar-refractivity contribution in [2.75, 3.05) is 6.54 Å². The third-order valence-electron chi connectivity index (χ3n) is 3.52. The molecule has 0 aromatic carbocycles. The van der Waals surface area contributed by atoms with E-state index in [0.29, 0.717) is 0 Å². The van der Waals surface area contributed by atoms with Gasteiger partial charge in [0.1, 0.15) is 0 Å². The minimum absolute atomic E-state index is 0.260. The Kier molecular flexibility index (Phi) is 4.31. The summed E-state index contributed by atoms with van der Waals surface area (Å²) >= 11 is 1.74. The summed E-state index contributed by atoms with van der Waals surface area (Å²) in [5.74, 6) is 0. The van der Waals surface area contributed by atoms with E-state index >= 15 is 0 Å². The standard InChI is InChI=1S/C16H20N4S/c1-3-7-17-14(9-16-19-12(2)11-21-16)13-10-18-20-8-5-4-6-15(13)20/h4-6,8,10-11,14,17H,3,7,9H2,1-2H3. The number of pyridine rings is 1. The first-order chi connectivity index (χ1) is 10.3. The van der Waals surface area contributed by atoms with Gasteiger partial charge in [-0.05, 0) is 32.0 Å². The van der Waals surface area contributed by atoms with Gasteiger partial charge in [-0.25, -0.2) is 9.50 Å². The van der Waals surface area contributed by atoms with Crippen LogP contribution in [0.3, 0.4) is 0 Å². The average Bonchev–Trinajstić information content (AvgIpc) is 3.09. The van der Waals surface area contributed by atoms with E-state index in [1.807, 2.05) is 29.9 Å². The fourth-order valence-corrected chi connectivity index (χ4v) is 3.32. The van der Waals surface area contributed by atoms with Gasteiger partial charge < -0.3 is 5.32 Å². The minimum Gasteiger partial charge on any atom is -0.309 e. The summed E-state index contributed by atoms with van der Waals surface area (Å²) in [6.07, 6.45) is 5.99. The number of nitrogens with one attached hydrogen (secondary N) is 1. The summed E-state index contributed by atoms with van der Waals surface area (Å²) in [5, 5.41) is 11.4. The number of fused-ring (bicyclic) bond motifs is 1. The Morgan fingerprint density at radius 1 is 1.38 bits per heavy atom. The van der Waals surface area contributed by atoms with Gasteiger partial charge >= 0.3 is 0 Å². The molecule has 110 valence electrons. The van der Waals surface area contributed by atoms with Crippen molar-refractivity contribution in [1.82, 2.24) is 19.9 Å². The summed E-state index contributed by atoms with van der Waals surface area (Å²) in [4.78, 5) is 4.60. The van der Waals surface area contributed by atoms with E-state index < -0.39 is 0 Å². The van der Waals surface area contributed by atoms with E-state index in [1.165, 1.54) is 16.1 Å². The largest absolute Gasteiger partial charge is 0.309 e. The lowest BCUT2D eigenvalue weighted by Gasteiger charge is -2.16. The maximum absolute atomic E-state index is 4.60. The number of hydrogen-bond acceptors (Lipinski definition) is 4. The molecule has 0 spiro atoms. The molecule has 21 heavy (non-hydrogen) atoms. The van der Waals surface area contributed by atoms with Gasteiger partial charge in [0.2, 0.25) is 0 Å². The van der Waals surface area contributed by atoms with Crippen LogP contribution in [0.2, 0.25) is 0 Å². The molecular weight excluding hydrogens is 280 g/mol. The van der Waals surface area contributed by atoms with Crippen LogP contribution in [0.25, 0.3) is 5.52 Å². The van der Waals surface area contributed by atoms with E-state index in [2.05, 4.69) is 39.8 Å². The highest BCUT2D eigenvalue weighted by atomic mass is 32.1. The monoisotopic (exact) mass is 300 g/mol. The van der Waals surface area contributed by atoms with Crippen LogP contribution < -0.4 is 5.32 Å². The summed E-state index contributed by atoms with van der Waals surface area (Å²) < 4.78 is 1.93. The van der Waals surface area contributed by atoms with Crippen molar-refractivity contribution in [3.63, 3.8) is 0 Å². The molecule has 0 aliphatic heterocycles. The number of hydrogen-bond donors (Lipinski definition) is 1. The van der Waals surface area contributed by atoms with Crippen LogP contribution in [0.5, 0.6) is 0 Å². The van der Waals surface area contributed by atoms with Gasteiger partial charge in [0.05, 0.1) is 16.7 Å². The van der Waals surface area contributed by atoms with Crippen molar-refractivity contribution >= 4 is 16.9 Å². The SMILES string of the molecule is CCCNC(Cc1nc(C)cs1)c1cnn2ccccc12. The van der Waals surface area contributed by atoms with Crippen LogP contribution in [0, 0.1) is 6.92 Å². The molecule has 0 saturated carbocycles. The molecule has 3 aromatic heterocycles. The van der Waals surface area contributed by atoms with Crippen LogP contribution >= 0.6 is 11.3 Å². The van der Waals surface area contributed by atoms with Crippen LogP contribution in [-0.4, -0.2) is 21.1 Å². The van der Waals surface area contributed by atoms with Gasteiger partial charge in [-0.2, -0.15) is 5.10 Å². The molecule has 3 heterocycles. The fraction of sp³-hybridized carbons (Fsp3) is 0.375. The lowest BCUT2D eigenvalue weighted by atomic mass is 10.1. The van der Waals surface area contributed by atoms with Crippen LogP contribution in [0.4, 0.5) is 0 Å². The predicted octanol–water partition coefficient (Wildman–Crippen LogP) is 3.38. The van der Waals surface area contributed by atoms with Crippen molar-refractivity contribution in [3.8, 4) is 0 Å². The first-order valence-corrected chi connectivity index (χ1v) is 8.22. The lowest BCUT2D eigenvalue weighted by Crippen LogP contribution is -2.24. The molecule has 0 aliphatic rings. The number of aromatic nitrogens is 3. The van der Waals surface area contributed by atoms with E-state index in [-0.39, 0.29) is 6.04 Å².